The number of carbonyl (C=O) groups is 1. The number of nitrogens with zero attached hydrogens (tertiary/aromatic N) is 2. The van der Waals surface area contributed by atoms with Gasteiger partial charge in [-0.3, -0.25) is 4.79 Å². The van der Waals surface area contributed by atoms with Crippen LogP contribution < -0.4 is 5.32 Å². The normalized spacial score (nSPS) is 17.2. The molecule has 1 aliphatic rings. The maximum absolute atomic E-state index is 15.2. The van der Waals surface area contributed by atoms with Gasteiger partial charge in [-0.2, -0.15) is 0 Å². The van der Waals surface area contributed by atoms with E-state index in [1.807, 2.05) is 13.0 Å². The fraction of sp³-hybridized carbons (Fsp3) is 0.500. The molecule has 0 radical (unpaired) electrons. The lowest BCUT2D eigenvalue weighted by atomic mass is 9.81. The van der Waals surface area contributed by atoms with Crippen LogP contribution in [0.25, 0.3) is 0 Å². The summed E-state index contributed by atoms with van der Waals surface area (Å²) in [4.78, 5) is 12.6. The van der Waals surface area contributed by atoms with Gasteiger partial charge in [0, 0.05) is 44.2 Å². The Labute approximate surface area is 172 Å². The number of ether oxygens (including phenoxy) is 1. The second kappa shape index (κ2) is 9.60. The molecule has 1 atom stereocenters. The summed E-state index contributed by atoms with van der Waals surface area (Å²) in [6.07, 6.45) is 4.70. The summed E-state index contributed by atoms with van der Waals surface area (Å²) in [7, 11) is -1.13. The lowest BCUT2D eigenvalue weighted by Crippen LogP contribution is -2.50. The topological polar surface area (TPSA) is 84.7 Å². The van der Waals surface area contributed by atoms with Crippen LogP contribution in [0, 0.1) is 5.82 Å². The minimum absolute atomic E-state index is 0.147. The Morgan fingerprint density at radius 2 is 2.10 bits per heavy atom. The molecule has 29 heavy (non-hydrogen) atoms. The number of hydrogen-bond acceptors (Lipinski definition) is 5. The van der Waals surface area contributed by atoms with E-state index in [0.717, 1.165) is 12.0 Å². The Hall–Kier alpha value is -2.10. The monoisotopic (exact) mass is 423 g/mol. The van der Waals surface area contributed by atoms with E-state index in [2.05, 4.69) is 10.5 Å². The quantitative estimate of drug-likeness (QED) is 0.706. The smallest absolute Gasteiger partial charge is 0.274 e. The van der Waals surface area contributed by atoms with Gasteiger partial charge >= 0.3 is 0 Å². The molecular weight excluding hydrogens is 397 g/mol. The van der Waals surface area contributed by atoms with Gasteiger partial charge in [-0.05, 0) is 30.9 Å². The Bertz CT molecular complexity index is 853. The average Bonchev–Trinajstić information content (AvgIpc) is 3.23. The van der Waals surface area contributed by atoms with Crippen LogP contribution in [0.2, 0.25) is 0 Å². The van der Waals surface area contributed by atoms with Crippen molar-refractivity contribution in [2.24, 2.45) is 0 Å². The molecule has 0 spiro atoms. The highest BCUT2D eigenvalue weighted by Crippen LogP contribution is 2.34. The number of hydrogen-bond donors (Lipinski definition) is 1. The standard InChI is InChI=1S/C20H26FN3O4S/c1-3-9-24(29(2)26)14-15-4-5-16(17(21)13-15)20(7-11-27-12-8-20)22-19(25)18-6-10-28-23-18/h4-6,10,13H,3,7-9,11-12,14H2,1-2H3,(H,22,25). The molecule has 1 saturated heterocycles. The second-order valence-electron chi connectivity index (χ2n) is 7.13. The largest absolute Gasteiger partial charge is 0.381 e. The van der Waals surface area contributed by atoms with Crippen LogP contribution in [0.5, 0.6) is 0 Å². The van der Waals surface area contributed by atoms with Crippen LogP contribution in [-0.4, -0.2) is 45.6 Å². The van der Waals surface area contributed by atoms with Crippen molar-refractivity contribution < 1.29 is 22.7 Å². The van der Waals surface area contributed by atoms with Crippen molar-refractivity contribution in [1.82, 2.24) is 14.8 Å². The first-order valence-electron chi connectivity index (χ1n) is 9.63. The zero-order valence-corrected chi connectivity index (χ0v) is 17.5. The molecule has 1 aromatic carbocycles. The predicted molar refractivity (Wildman–Crippen MR) is 107 cm³/mol. The summed E-state index contributed by atoms with van der Waals surface area (Å²) < 4.78 is 39.1. The summed E-state index contributed by atoms with van der Waals surface area (Å²) in [5, 5.41) is 6.61. The number of halogens is 1. The number of carbonyl (C=O) groups excluding carboxylic acids is 1. The zero-order valence-electron chi connectivity index (χ0n) is 16.7. The average molecular weight is 424 g/mol. The summed E-state index contributed by atoms with van der Waals surface area (Å²) in [5.41, 5.74) is 0.419. The van der Waals surface area contributed by atoms with Gasteiger partial charge < -0.3 is 14.6 Å². The molecular formula is C20H26FN3O4S. The van der Waals surface area contributed by atoms with Crippen molar-refractivity contribution in [2.75, 3.05) is 26.0 Å². The van der Waals surface area contributed by atoms with E-state index in [1.54, 1.807) is 16.6 Å². The van der Waals surface area contributed by atoms with Crippen LogP contribution in [0.4, 0.5) is 4.39 Å². The van der Waals surface area contributed by atoms with Crippen molar-refractivity contribution in [3.8, 4) is 0 Å². The third-order valence-corrected chi connectivity index (χ3v) is 6.15. The summed E-state index contributed by atoms with van der Waals surface area (Å²) >= 11 is 0. The molecule has 1 unspecified atom stereocenters. The van der Waals surface area contributed by atoms with Crippen molar-refractivity contribution in [3.63, 3.8) is 0 Å². The van der Waals surface area contributed by atoms with Gasteiger partial charge in [0.15, 0.2) is 5.69 Å². The van der Waals surface area contributed by atoms with Gasteiger partial charge in [0.1, 0.15) is 12.1 Å². The van der Waals surface area contributed by atoms with Gasteiger partial charge in [0.2, 0.25) is 0 Å². The Kier molecular flexibility index (Phi) is 7.15. The highest BCUT2D eigenvalue weighted by molar-refractivity contribution is 7.81. The molecule has 2 aromatic rings. The van der Waals surface area contributed by atoms with Gasteiger partial charge in [0.25, 0.3) is 5.91 Å². The summed E-state index contributed by atoms with van der Waals surface area (Å²) in [6, 6.07) is 6.47. The molecule has 158 valence electrons. The number of benzene rings is 1. The van der Waals surface area contributed by atoms with E-state index < -0.39 is 28.2 Å². The van der Waals surface area contributed by atoms with Crippen molar-refractivity contribution in [2.45, 2.75) is 38.3 Å². The molecule has 0 bridgehead atoms. The third kappa shape index (κ3) is 5.09. The first-order chi connectivity index (χ1) is 13.9. The molecule has 1 aliphatic heterocycles. The zero-order chi connectivity index (χ0) is 20.9. The molecule has 0 saturated carbocycles. The number of rotatable bonds is 8. The van der Waals surface area contributed by atoms with E-state index in [4.69, 9.17) is 9.26 Å². The number of nitrogens with one attached hydrogen (secondary N) is 1. The molecule has 1 aromatic heterocycles. The molecule has 1 fully saturated rings. The Morgan fingerprint density at radius 1 is 1.34 bits per heavy atom. The van der Waals surface area contributed by atoms with Gasteiger partial charge in [-0.15, -0.1) is 0 Å². The number of amides is 1. The maximum atomic E-state index is 15.2. The van der Waals surface area contributed by atoms with Gasteiger partial charge in [0.05, 0.1) is 16.5 Å². The van der Waals surface area contributed by atoms with Crippen LogP contribution >= 0.6 is 0 Å². The molecule has 1 amide bonds. The third-order valence-electron chi connectivity index (χ3n) is 5.11. The van der Waals surface area contributed by atoms with Crippen LogP contribution in [0.3, 0.4) is 0 Å². The fourth-order valence-corrected chi connectivity index (χ4v) is 4.36. The van der Waals surface area contributed by atoms with Gasteiger partial charge in [-0.25, -0.2) is 12.9 Å². The fourth-order valence-electron chi connectivity index (χ4n) is 3.59. The SMILES string of the molecule is CCCN(Cc1ccc(C2(NC(=O)c3ccon3)CCOCC2)c(F)c1)S(C)=O. The Morgan fingerprint density at radius 3 is 2.69 bits per heavy atom. The summed E-state index contributed by atoms with van der Waals surface area (Å²) in [5.74, 6) is -0.817. The molecule has 7 nitrogen and oxygen atoms in total. The first-order valence-corrected chi connectivity index (χ1v) is 11.1. The lowest BCUT2D eigenvalue weighted by Gasteiger charge is -2.38. The van der Waals surface area contributed by atoms with E-state index in [0.29, 0.717) is 44.7 Å². The van der Waals surface area contributed by atoms with Crippen LogP contribution in [0.15, 0.2) is 35.1 Å². The van der Waals surface area contributed by atoms with E-state index in [-0.39, 0.29) is 5.69 Å². The second-order valence-corrected chi connectivity index (χ2v) is 8.50. The van der Waals surface area contributed by atoms with E-state index in [1.165, 1.54) is 18.4 Å². The molecule has 0 aliphatic carbocycles. The van der Waals surface area contributed by atoms with E-state index >= 15 is 4.39 Å². The minimum atomic E-state index is -1.13. The number of aromatic nitrogens is 1. The molecule has 9 heteroatoms. The van der Waals surface area contributed by atoms with Crippen molar-refractivity contribution in [1.29, 1.82) is 0 Å². The summed E-state index contributed by atoms with van der Waals surface area (Å²) in [6.45, 7) is 3.91. The van der Waals surface area contributed by atoms with Crippen molar-refractivity contribution in [3.05, 3.63) is 53.2 Å². The molecule has 1 N–H and O–H groups in total. The van der Waals surface area contributed by atoms with Gasteiger partial charge in [-0.1, -0.05) is 24.2 Å². The Balaban J connectivity index is 1.86. The highest BCUT2D eigenvalue weighted by atomic mass is 32.2. The lowest BCUT2D eigenvalue weighted by molar-refractivity contribution is 0.0331. The minimum Gasteiger partial charge on any atom is -0.381 e. The van der Waals surface area contributed by atoms with Crippen molar-refractivity contribution >= 4 is 16.9 Å². The maximum Gasteiger partial charge on any atom is 0.274 e. The first kappa shape index (κ1) is 21.6. The van der Waals surface area contributed by atoms with E-state index in [9.17, 15) is 9.00 Å². The molecule has 3 rings (SSSR count). The highest BCUT2D eigenvalue weighted by Gasteiger charge is 2.38. The molecule has 2 heterocycles. The predicted octanol–water partition coefficient (Wildman–Crippen LogP) is 2.75. The van der Waals surface area contributed by atoms with Crippen LogP contribution in [0.1, 0.15) is 47.8 Å². The van der Waals surface area contributed by atoms with Crippen LogP contribution in [-0.2, 0) is 27.8 Å².